The van der Waals surface area contributed by atoms with Gasteiger partial charge in [-0.3, -0.25) is 9.78 Å². The van der Waals surface area contributed by atoms with E-state index in [-0.39, 0.29) is 24.7 Å². The van der Waals surface area contributed by atoms with Crippen molar-refractivity contribution >= 4 is 28.3 Å². The predicted molar refractivity (Wildman–Crippen MR) is 145 cm³/mol. The zero-order chi connectivity index (χ0) is 26.1. The van der Waals surface area contributed by atoms with Crippen LogP contribution in [0.3, 0.4) is 0 Å². The molecule has 0 spiro atoms. The van der Waals surface area contributed by atoms with E-state index in [1.165, 1.54) is 0 Å². The molecule has 3 aromatic rings. The van der Waals surface area contributed by atoms with Gasteiger partial charge in [0.05, 0.1) is 42.4 Å². The number of anilines is 2. The summed E-state index contributed by atoms with van der Waals surface area (Å²) in [6, 6.07) is 7.91. The largest absolute Gasteiger partial charge is 0.488 e. The minimum Gasteiger partial charge on any atom is -0.488 e. The van der Waals surface area contributed by atoms with Crippen molar-refractivity contribution in [2.75, 3.05) is 49.6 Å². The molecule has 1 aliphatic carbocycles. The maximum atomic E-state index is 12.9. The first kappa shape index (κ1) is 24.4. The molecule has 198 valence electrons. The average molecular weight is 516 g/mol. The van der Waals surface area contributed by atoms with Gasteiger partial charge in [-0.15, -0.1) is 0 Å². The molecule has 0 atom stereocenters. The lowest BCUT2D eigenvalue weighted by atomic mass is 9.92. The third kappa shape index (κ3) is 4.96. The highest BCUT2D eigenvalue weighted by atomic mass is 16.5. The molecule has 1 fully saturated rings. The number of hydrogen-bond donors (Lipinski definition) is 2. The van der Waals surface area contributed by atoms with Crippen molar-refractivity contribution in [1.82, 2.24) is 25.2 Å². The number of pyridine rings is 1. The molecular weight excluding hydrogens is 482 g/mol. The third-order valence-electron chi connectivity index (χ3n) is 7.60. The van der Waals surface area contributed by atoms with Crippen molar-refractivity contribution in [3.05, 3.63) is 60.4 Å². The van der Waals surface area contributed by atoms with Gasteiger partial charge >= 0.3 is 0 Å². The van der Waals surface area contributed by atoms with Crippen molar-refractivity contribution in [1.29, 1.82) is 0 Å². The van der Waals surface area contributed by atoms with E-state index >= 15 is 0 Å². The number of amides is 1. The lowest BCUT2D eigenvalue weighted by Gasteiger charge is -2.38. The summed E-state index contributed by atoms with van der Waals surface area (Å²) in [6.07, 6.45) is 10.6. The number of rotatable bonds is 2. The molecule has 0 radical (unpaired) electrons. The molecule has 1 amide bonds. The van der Waals surface area contributed by atoms with Crippen LogP contribution in [0.2, 0.25) is 0 Å². The highest BCUT2D eigenvalue weighted by Gasteiger charge is 2.27. The predicted octanol–water partition coefficient (Wildman–Crippen LogP) is 2.55. The van der Waals surface area contributed by atoms with Crippen LogP contribution in [-0.2, 0) is 0 Å². The molecule has 38 heavy (non-hydrogen) atoms. The molecule has 6 heterocycles. The quantitative estimate of drug-likeness (QED) is 0.532. The summed E-state index contributed by atoms with van der Waals surface area (Å²) in [6.45, 7) is 2.65. The molecule has 6 bridgehead atoms. The first-order valence-corrected chi connectivity index (χ1v) is 13.3. The number of ether oxygens (including phenoxy) is 1. The number of nitrogens with one attached hydrogen (secondary N) is 1. The third-order valence-corrected chi connectivity index (χ3v) is 7.60. The number of nitrogens with zero attached hydrogens (tertiary/aromatic N) is 6. The van der Waals surface area contributed by atoms with Gasteiger partial charge in [0, 0.05) is 63.1 Å². The van der Waals surface area contributed by atoms with Gasteiger partial charge in [0.1, 0.15) is 17.0 Å². The molecule has 1 aromatic carbocycles. The molecule has 5 aliphatic rings. The zero-order valence-corrected chi connectivity index (χ0v) is 21.6. The molecule has 4 aliphatic heterocycles. The van der Waals surface area contributed by atoms with Gasteiger partial charge < -0.3 is 29.9 Å². The number of benzene rings is 1. The Hall–Kier alpha value is -3.92. The molecule has 0 saturated heterocycles. The fraction of sp³-hybridized carbons (Fsp3) is 0.429. The fourth-order valence-electron chi connectivity index (χ4n) is 5.57. The van der Waals surface area contributed by atoms with Crippen molar-refractivity contribution in [2.45, 2.75) is 37.8 Å². The highest BCUT2D eigenvalue weighted by molar-refractivity contribution is 5.92. The molecular formula is C28H33N7O3. The number of aromatic nitrogens is 3. The monoisotopic (exact) mass is 515 g/mol. The molecule has 10 heteroatoms. The Kier molecular flexibility index (Phi) is 6.71. The molecule has 1 saturated carbocycles. The van der Waals surface area contributed by atoms with E-state index < -0.39 is 0 Å². The van der Waals surface area contributed by atoms with Gasteiger partial charge in [-0.1, -0.05) is 0 Å². The number of carbonyl (C=O) groups excluding carboxylic acids is 1. The standard InChI is InChI=1S/C28H33N7O3/c1-33-10-11-35-20-4-7-24(31-16-20)28(37)32-19-2-5-23(6-3-19)38-26-15-21(14-25-27(26)30-9-8-29-25)34(12-13-36)18-22(35)17-33/h4,7-9,14-17,19,23,36H,2-3,5-6,10-13,18H2,1H3,(H,32,37). The van der Waals surface area contributed by atoms with Crippen LogP contribution >= 0.6 is 0 Å². The van der Waals surface area contributed by atoms with Crippen LogP contribution in [-0.4, -0.2) is 82.8 Å². The maximum Gasteiger partial charge on any atom is 0.270 e. The Labute approximate surface area is 221 Å². The summed E-state index contributed by atoms with van der Waals surface area (Å²) in [7, 11) is 2.06. The Morgan fingerprint density at radius 1 is 1.05 bits per heavy atom. The topological polar surface area (TPSA) is 107 Å². The number of carbonyl (C=O) groups is 1. The van der Waals surface area contributed by atoms with Gasteiger partial charge in [0.15, 0.2) is 0 Å². The molecule has 10 nitrogen and oxygen atoms in total. The van der Waals surface area contributed by atoms with Crippen LogP contribution in [0.15, 0.2) is 54.8 Å². The van der Waals surface area contributed by atoms with E-state index in [1.54, 1.807) is 24.7 Å². The van der Waals surface area contributed by atoms with Crippen LogP contribution in [0.5, 0.6) is 5.75 Å². The lowest BCUT2D eigenvalue weighted by molar-refractivity contribution is 0.0890. The van der Waals surface area contributed by atoms with Crippen LogP contribution < -0.4 is 19.9 Å². The van der Waals surface area contributed by atoms with E-state index in [0.717, 1.165) is 66.9 Å². The fourth-order valence-corrected chi connectivity index (χ4v) is 5.57. The van der Waals surface area contributed by atoms with Crippen LogP contribution in [0.25, 0.3) is 11.0 Å². The minimum absolute atomic E-state index is 0.00714. The molecule has 0 unspecified atom stereocenters. The van der Waals surface area contributed by atoms with Gasteiger partial charge in [-0.05, 0) is 43.9 Å². The van der Waals surface area contributed by atoms with Gasteiger partial charge in [0.25, 0.3) is 5.91 Å². The van der Waals surface area contributed by atoms with Crippen molar-refractivity contribution in [2.24, 2.45) is 0 Å². The Bertz CT molecular complexity index is 1340. The summed E-state index contributed by atoms with van der Waals surface area (Å²) in [5.74, 6) is 0.562. The second kappa shape index (κ2) is 10.4. The summed E-state index contributed by atoms with van der Waals surface area (Å²) >= 11 is 0. The first-order valence-electron chi connectivity index (χ1n) is 13.3. The van der Waals surface area contributed by atoms with Gasteiger partial charge in [-0.25, -0.2) is 9.97 Å². The Morgan fingerprint density at radius 2 is 1.89 bits per heavy atom. The first-order chi connectivity index (χ1) is 18.6. The van der Waals surface area contributed by atoms with E-state index in [9.17, 15) is 9.90 Å². The van der Waals surface area contributed by atoms with E-state index in [0.29, 0.717) is 24.5 Å². The van der Waals surface area contributed by atoms with E-state index in [2.05, 4.69) is 48.2 Å². The maximum absolute atomic E-state index is 12.9. The summed E-state index contributed by atoms with van der Waals surface area (Å²) in [5, 5.41) is 13.2. The molecule has 2 aromatic heterocycles. The SMILES string of the molecule is CN1C=C2CN(CCO)c3cc(c4nccnc4c3)OC3CCC(CC3)NC(=O)c3ccc(cn3)N2CC1. The summed E-state index contributed by atoms with van der Waals surface area (Å²) < 4.78 is 6.55. The van der Waals surface area contributed by atoms with Crippen LogP contribution in [0.1, 0.15) is 36.2 Å². The smallest absolute Gasteiger partial charge is 0.270 e. The van der Waals surface area contributed by atoms with Crippen molar-refractivity contribution in [3.63, 3.8) is 0 Å². The Balaban J connectivity index is 1.44. The van der Waals surface area contributed by atoms with E-state index in [4.69, 9.17) is 4.74 Å². The number of aliphatic hydroxyl groups is 1. The van der Waals surface area contributed by atoms with Gasteiger partial charge in [0.2, 0.25) is 0 Å². The molecule has 8 rings (SSSR count). The number of aliphatic hydroxyl groups excluding tert-OH is 1. The molecule has 2 N–H and O–H groups in total. The lowest BCUT2D eigenvalue weighted by Crippen LogP contribution is -2.42. The van der Waals surface area contributed by atoms with E-state index in [1.807, 2.05) is 18.2 Å². The minimum atomic E-state index is -0.140. The second-order valence-corrected chi connectivity index (χ2v) is 10.2. The number of hydrogen-bond acceptors (Lipinski definition) is 9. The zero-order valence-electron chi connectivity index (χ0n) is 21.6. The van der Waals surface area contributed by atoms with Crippen LogP contribution in [0.4, 0.5) is 11.4 Å². The van der Waals surface area contributed by atoms with Crippen molar-refractivity contribution < 1.29 is 14.6 Å². The average Bonchev–Trinajstić information content (AvgIpc) is 2.93. The Morgan fingerprint density at radius 3 is 2.68 bits per heavy atom. The number of likely N-dealkylation sites (N-methyl/N-ethyl adjacent to an activating group) is 1. The normalized spacial score (nSPS) is 21.9. The number of fused-ring (bicyclic) bond motifs is 3. The highest BCUT2D eigenvalue weighted by Crippen LogP contribution is 2.34. The second-order valence-electron chi connectivity index (χ2n) is 10.2. The van der Waals surface area contributed by atoms with Gasteiger partial charge in [-0.2, -0.15) is 0 Å². The van der Waals surface area contributed by atoms with Crippen LogP contribution in [0, 0.1) is 0 Å². The summed E-state index contributed by atoms with van der Waals surface area (Å²) in [5.41, 5.74) is 4.83. The summed E-state index contributed by atoms with van der Waals surface area (Å²) in [4.78, 5) is 33.1. The van der Waals surface area contributed by atoms with Crippen molar-refractivity contribution in [3.8, 4) is 5.75 Å².